The van der Waals surface area contributed by atoms with Gasteiger partial charge in [-0.05, 0) is 44.6 Å². The molecule has 4 N–H and O–H groups in total. The number of carboxylic acids is 1. The lowest BCUT2D eigenvalue weighted by Gasteiger charge is -2.38. The summed E-state index contributed by atoms with van der Waals surface area (Å²) in [5.41, 5.74) is 7.02. The average molecular weight is 493 g/mol. The van der Waals surface area contributed by atoms with Gasteiger partial charge in [0.1, 0.15) is 17.0 Å². The van der Waals surface area contributed by atoms with Gasteiger partial charge < -0.3 is 20.5 Å². The minimum atomic E-state index is -1.66. The van der Waals surface area contributed by atoms with E-state index in [1.54, 1.807) is 44.2 Å². The molecule has 1 saturated carbocycles. The SMILES string of the molecule is CCOC(=O)C(NC(C)C(=O)N1C(C(=O)O)CC2CCCCC21)C(N)(SN=O)c1ccccc1. The van der Waals surface area contributed by atoms with Gasteiger partial charge in [0, 0.05) is 22.6 Å². The number of fused-ring (bicyclic) bond motifs is 1. The molecule has 1 heterocycles. The van der Waals surface area contributed by atoms with Crippen LogP contribution in [0.15, 0.2) is 34.9 Å². The third-order valence-electron chi connectivity index (χ3n) is 6.78. The smallest absolute Gasteiger partial charge is 0.326 e. The number of nitrogens with one attached hydrogen (secondary N) is 1. The Kier molecular flexibility index (Phi) is 8.67. The van der Waals surface area contributed by atoms with Gasteiger partial charge in [0.05, 0.1) is 12.6 Å². The summed E-state index contributed by atoms with van der Waals surface area (Å²) < 4.78 is 8.10. The molecule has 0 bridgehead atoms. The molecule has 6 atom stereocenters. The molecule has 0 spiro atoms. The summed E-state index contributed by atoms with van der Waals surface area (Å²) in [4.78, 5) is 49.6. The number of likely N-dealkylation sites (tertiary alicyclic amines) is 1. The van der Waals surface area contributed by atoms with Gasteiger partial charge in [0.25, 0.3) is 0 Å². The van der Waals surface area contributed by atoms with E-state index in [1.807, 2.05) is 0 Å². The maximum atomic E-state index is 13.6. The second-order valence-electron chi connectivity index (χ2n) is 8.85. The van der Waals surface area contributed by atoms with Crippen molar-refractivity contribution < 1.29 is 24.2 Å². The van der Waals surface area contributed by atoms with Gasteiger partial charge in [0.2, 0.25) is 5.91 Å². The molecular weight excluding hydrogens is 460 g/mol. The molecule has 0 aromatic heterocycles. The molecule has 1 aromatic carbocycles. The monoisotopic (exact) mass is 492 g/mol. The Balaban J connectivity index is 1.91. The largest absolute Gasteiger partial charge is 0.480 e. The zero-order chi connectivity index (χ0) is 24.9. The molecule has 1 amide bonds. The van der Waals surface area contributed by atoms with Crippen molar-refractivity contribution in [1.29, 1.82) is 0 Å². The van der Waals surface area contributed by atoms with Crippen LogP contribution >= 0.6 is 11.9 Å². The van der Waals surface area contributed by atoms with Crippen LogP contribution < -0.4 is 11.1 Å². The highest BCUT2D eigenvalue weighted by molar-refractivity contribution is 7.98. The Hall–Kier alpha value is -2.50. The lowest BCUT2D eigenvalue weighted by molar-refractivity contribution is -0.152. The number of carbonyl (C=O) groups is 3. The number of carboxylic acid groups (broad SMARTS) is 1. The van der Waals surface area contributed by atoms with Crippen molar-refractivity contribution in [2.75, 3.05) is 6.61 Å². The van der Waals surface area contributed by atoms with Crippen LogP contribution in [-0.4, -0.2) is 58.6 Å². The van der Waals surface area contributed by atoms with Gasteiger partial charge in [0.15, 0.2) is 0 Å². The van der Waals surface area contributed by atoms with E-state index in [9.17, 15) is 24.4 Å². The fraction of sp³-hybridized carbons (Fsp3) is 0.609. The molecule has 1 aliphatic carbocycles. The lowest BCUT2D eigenvalue weighted by Crippen LogP contribution is -2.62. The van der Waals surface area contributed by atoms with E-state index in [0.717, 1.165) is 25.7 Å². The van der Waals surface area contributed by atoms with Crippen LogP contribution in [-0.2, 0) is 24.0 Å². The van der Waals surface area contributed by atoms with Crippen molar-refractivity contribution in [2.24, 2.45) is 16.2 Å². The van der Waals surface area contributed by atoms with Gasteiger partial charge in [-0.1, -0.05) is 43.2 Å². The molecule has 0 radical (unpaired) electrons. The van der Waals surface area contributed by atoms with Crippen LogP contribution in [0.3, 0.4) is 0 Å². The number of carbonyl (C=O) groups excluding carboxylic acids is 2. The third kappa shape index (κ3) is 5.26. The van der Waals surface area contributed by atoms with Crippen molar-refractivity contribution in [3.8, 4) is 0 Å². The summed E-state index contributed by atoms with van der Waals surface area (Å²) in [6.45, 7) is 3.27. The van der Waals surface area contributed by atoms with Gasteiger partial charge in [-0.3, -0.25) is 14.9 Å². The Bertz CT molecular complexity index is 903. The van der Waals surface area contributed by atoms with Crippen molar-refractivity contribution in [3.05, 3.63) is 40.8 Å². The number of benzene rings is 1. The normalized spacial score (nSPS) is 25.5. The highest BCUT2D eigenvalue weighted by atomic mass is 32.2. The number of amides is 1. The summed E-state index contributed by atoms with van der Waals surface area (Å²) in [5, 5.41) is 12.7. The Morgan fingerprint density at radius 1 is 1.29 bits per heavy atom. The number of rotatable bonds is 10. The molecule has 2 fully saturated rings. The number of nitroso groups, excluding NO2 is 1. The highest BCUT2D eigenvalue weighted by Gasteiger charge is 2.50. The molecule has 6 unspecified atom stereocenters. The van der Waals surface area contributed by atoms with Crippen molar-refractivity contribution >= 4 is 29.8 Å². The fourth-order valence-corrected chi connectivity index (χ4v) is 5.80. The van der Waals surface area contributed by atoms with E-state index in [4.69, 9.17) is 10.5 Å². The topological polar surface area (TPSA) is 151 Å². The molecular formula is C23H32N4O6S. The number of nitrogens with two attached hydrogens (primary N) is 1. The number of nitrogens with zero attached hydrogens (tertiary/aromatic N) is 2. The minimum absolute atomic E-state index is 0.0698. The Morgan fingerprint density at radius 2 is 1.97 bits per heavy atom. The summed E-state index contributed by atoms with van der Waals surface area (Å²) in [6.07, 6.45) is 4.04. The van der Waals surface area contributed by atoms with E-state index in [-0.39, 0.29) is 18.6 Å². The van der Waals surface area contributed by atoms with Gasteiger partial charge in [-0.2, -0.15) is 0 Å². The van der Waals surface area contributed by atoms with Gasteiger partial charge in [-0.15, -0.1) is 4.91 Å². The van der Waals surface area contributed by atoms with E-state index >= 15 is 0 Å². The van der Waals surface area contributed by atoms with Crippen LogP contribution in [0.5, 0.6) is 0 Å². The highest BCUT2D eigenvalue weighted by Crippen LogP contribution is 2.41. The number of hydrogen-bond donors (Lipinski definition) is 3. The second kappa shape index (κ2) is 11.3. The first-order valence-corrected chi connectivity index (χ1v) is 12.3. The number of esters is 1. The summed E-state index contributed by atoms with van der Waals surface area (Å²) in [7, 11) is 0. The molecule has 1 aliphatic heterocycles. The van der Waals surface area contributed by atoms with Crippen molar-refractivity contribution in [3.63, 3.8) is 0 Å². The summed E-state index contributed by atoms with van der Waals surface area (Å²) in [6, 6.07) is 5.19. The van der Waals surface area contributed by atoms with E-state index < -0.39 is 40.8 Å². The fourth-order valence-electron chi connectivity index (χ4n) is 5.17. The zero-order valence-electron chi connectivity index (χ0n) is 19.4. The molecule has 11 heteroatoms. The summed E-state index contributed by atoms with van der Waals surface area (Å²) in [5.74, 6) is -2.04. The predicted molar refractivity (Wildman–Crippen MR) is 127 cm³/mol. The zero-order valence-corrected chi connectivity index (χ0v) is 20.2. The summed E-state index contributed by atoms with van der Waals surface area (Å²) >= 11 is 0.469. The minimum Gasteiger partial charge on any atom is -0.480 e. The van der Waals surface area contributed by atoms with Crippen molar-refractivity contribution in [2.45, 2.75) is 75.0 Å². The molecule has 1 saturated heterocycles. The maximum absolute atomic E-state index is 13.6. The van der Waals surface area contributed by atoms with E-state index in [0.29, 0.717) is 23.9 Å². The molecule has 186 valence electrons. The molecule has 3 rings (SSSR count). The Labute approximate surface area is 203 Å². The molecule has 1 aromatic rings. The predicted octanol–water partition coefficient (Wildman–Crippen LogP) is 2.37. The molecule has 10 nitrogen and oxygen atoms in total. The average Bonchev–Trinajstić information content (AvgIpc) is 3.22. The van der Waals surface area contributed by atoms with E-state index in [1.165, 1.54) is 4.90 Å². The first-order valence-electron chi connectivity index (χ1n) is 11.6. The van der Waals surface area contributed by atoms with Crippen LogP contribution in [0.2, 0.25) is 0 Å². The quantitative estimate of drug-likeness (QED) is 0.193. The number of hydrogen-bond acceptors (Lipinski definition) is 9. The first kappa shape index (κ1) is 26.1. The maximum Gasteiger partial charge on any atom is 0.326 e. The van der Waals surface area contributed by atoms with Gasteiger partial charge >= 0.3 is 11.9 Å². The van der Waals surface area contributed by atoms with Crippen LogP contribution in [0, 0.1) is 10.8 Å². The van der Waals surface area contributed by atoms with Crippen molar-refractivity contribution in [1.82, 2.24) is 10.2 Å². The lowest BCUT2D eigenvalue weighted by atomic mass is 9.84. The number of ether oxygens (including phenoxy) is 1. The third-order valence-corrected chi connectivity index (χ3v) is 7.63. The second-order valence-corrected chi connectivity index (χ2v) is 9.85. The van der Waals surface area contributed by atoms with Crippen LogP contribution in [0.4, 0.5) is 0 Å². The van der Waals surface area contributed by atoms with E-state index in [2.05, 4.69) is 9.90 Å². The van der Waals surface area contributed by atoms with Crippen LogP contribution in [0.1, 0.15) is 51.5 Å². The van der Waals surface area contributed by atoms with Gasteiger partial charge in [-0.25, -0.2) is 4.79 Å². The Morgan fingerprint density at radius 3 is 2.59 bits per heavy atom. The standard InChI is InChI=1S/C23H32N4O6S/c1-3-33-22(31)19(23(24,34-26-32)16-10-5-4-6-11-16)25-14(2)20(28)27-17-12-8-7-9-15(17)13-18(27)21(29)30/h4-6,10-11,14-15,17-19,25H,3,7-9,12-13,24H2,1-2H3,(H,29,30). The van der Waals surface area contributed by atoms with Crippen LogP contribution in [0.25, 0.3) is 0 Å². The molecule has 34 heavy (non-hydrogen) atoms. The first-order chi connectivity index (χ1) is 16.2. The number of aliphatic carboxylic acids is 1. The molecule has 2 aliphatic rings.